The number of anilines is 1. The normalized spacial score (nSPS) is 13.7. The Kier molecular flexibility index (Phi) is 3.85. The van der Waals surface area contributed by atoms with Crippen molar-refractivity contribution in [3.05, 3.63) is 27.9 Å². The smallest absolute Gasteiger partial charge is 0.314 e. The summed E-state index contributed by atoms with van der Waals surface area (Å²) in [5.41, 5.74) is 4.56. The zero-order chi connectivity index (χ0) is 13.9. The van der Waals surface area contributed by atoms with Crippen LogP contribution in [0.25, 0.3) is 0 Å². The molecule has 1 aromatic heterocycles. The number of amides is 1. The summed E-state index contributed by atoms with van der Waals surface area (Å²) < 4.78 is 0. The van der Waals surface area contributed by atoms with E-state index in [-0.39, 0.29) is 11.5 Å². The van der Waals surface area contributed by atoms with Crippen LogP contribution in [-0.2, 0) is 4.79 Å². The largest absolute Gasteiger partial charge is 0.368 e. The Morgan fingerprint density at radius 1 is 1.67 bits per heavy atom. The van der Waals surface area contributed by atoms with Crippen LogP contribution in [0.5, 0.6) is 0 Å². The van der Waals surface area contributed by atoms with Crippen LogP contribution in [0, 0.1) is 17.0 Å². The number of nitro groups is 1. The van der Waals surface area contributed by atoms with Gasteiger partial charge in [0.05, 0.1) is 4.92 Å². The van der Waals surface area contributed by atoms with Crippen LogP contribution >= 0.6 is 0 Å². The van der Waals surface area contributed by atoms with Gasteiger partial charge in [-0.2, -0.15) is 0 Å². The maximum absolute atomic E-state index is 11.4. The van der Waals surface area contributed by atoms with E-state index in [1.165, 1.54) is 12.3 Å². The van der Waals surface area contributed by atoms with Gasteiger partial charge < -0.3 is 11.1 Å². The number of aryl methyl sites for hydroxylation is 1. The van der Waals surface area contributed by atoms with E-state index in [1.54, 1.807) is 20.8 Å². The van der Waals surface area contributed by atoms with Crippen LogP contribution in [0.3, 0.4) is 0 Å². The van der Waals surface area contributed by atoms with Crippen molar-refractivity contribution < 1.29 is 9.72 Å². The Labute approximate surface area is 105 Å². The van der Waals surface area contributed by atoms with Crippen molar-refractivity contribution >= 4 is 17.4 Å². The Morgan fingerprint density at radius 2 is 2.28 bits per heavy atom. The van der Waals surface area contributed by atoms with Crippen molar-refractivity contribution in [2.45, 2.75) is 32.7 Å². The fraction of sp³-hybridized carbons (Fsp3) is 0.455. The highest BCUT2D eigenvalue weighted by Crippen LogP contribution is 2.28. The minimum atomic E-state index is -1.06. The number of nitrogens with zero attached hydrogens (tertiary/aromatic N) is 2. The SMILES string of the molecule is CCC(C)(Nc1nccc(C)c1[N+](=O)[O-])C(N)=O. The van der Waals surface area contributed by atoms with Gasteiger partial charge in [0, 0.05) is 11.8 Å². The van der Waals surface area contributed by atoms with Crippen molar-refractivity contribution in [3.8, 4) is 0 Å². The first-order valence-electron chi connectivity index (χ1n) is 5.50. The molecule has 0 aliphatic heterocycles. The first-order chi connectivity index (χ1) is 8.31. The Bertz CT molecular complexity index is 489. The molecule has 0 aliphatic carbocycles. The van der Waals surface area contributed by atoms with Gasteiger partial charge in [-0.15, -0.1) is 0 Å². The molecule has 18 heavy (non-hydrogen) atoms. The van der Waals surface area contributed by atoms with Crippen LogP contribution in [-0.4, -0.2) is 21.4 Å². The molecule has 1 heterocycles. The van der Waals surface area contributed by atoms with E-state index in [9.17, 15) is 14.9 Å². The molecule has 0 bridgehead atoms. The van der Waals surface area contributed by atoms with Crippen LogP contribution in [0.2, 0.25) is 0 Å². The average molecular weight is 252 g/mol. The van der Waals surface area contributed by atoms with Crippen molar-refractivity contribution in [1.29, 1.82) is 0 Å². The third-order valence-corrected chi connectivity index (χ3v) is 2.95. The highest BCUT2D eigenvalue weighted by molar-refractivity contribution is 5.87. The summed E-state index contributed by atoms with van der Waals surface area (Å²) in [7, 11) is 0. The number of aromatic nitrogens is 1. The highest BCUT2D eigenvalue weighted by Gasteiger charge is 2.32. The van der Waals surface area contributed by atoms with E-state index in [1.807, 2.05) is 0 Å². The van der Waals surface area contributed by atoms with Gasteiger partial charge in [0.15, 0.2) is 0 Å². The molecular weight excluding hydrogens is 236 g/mol. The van der Waals surface area contributed by atoms with E-state index in [0.717, 1.165) is 0 Å². The number of pyridine rings is 1. The highest BCUT2D eigenvalue weighted by atomic mass is 16.6. The molecule has 1 rings (SSSR count). The van der Waals surface area contributed by atoms with Gasteiger partial charge in [0.1, 0.15) is 5.54 Å². The van der Waals surface area contributed by atoms with Gasteiger partial charge >= 0.3 is 5.69 Å². The number of carbonyl (C=O) groups excluding carboxylic acids is 1. The van der Waals surface area contributed by atoms with E-state index in [0.29, 0.717) is 12.0 Å². The lowest BCUT2D eigenvalue weighted by atomic mass is 9.98. The number of rotatable bonds is 5. The number of carbonyl (C=O) groups is 1. The molecule has 0 aromatic carbocycles. The number of hydrogen-bond acceptors (Lipinski definition) is 5. The van der Waals surface area contributed by atoms with Gasteiger partial charge in [-0.3, -0.25) is 14.9 Å². The summed E-state index contributed by atoms with van der Waals surface area (Å²) in [4.78, 5) is 25.8. The van der Waals surface area contributed by atoms with Gasteiger partial charge in [-0.25, -0.2) is 4.98 Å². The lowest BCUT2D eigenvalue weighted by Gasteiger charge is -2.26. The molecule has 98 valence electrons. The van der Waals surface area contributed by atoms with Gasteiger partial charge in [-0.05, 0) is 26.3 Å². The molecule has 1 aromatic rings. The minimum Gasteiger partial charge on any atom is -0.368 e. The number of primary amides is 1. The Balaban J connectivity index is 3.23. The number of hydrogen-bond donors (Lipinski definition) is 2. The maximum Gasteiger partial charge on any atom is 0.314 e. The van der Waals surface area contributed by atoms with E-state index in [4.69, 9.17) is 5.73 Å². The molecule has 0 saturated carbocycles. The van der Waals surface area contributed by atoms with Crippen LogP contribution in [0.1, 0.15) is 25.8 Å². The molecule has 0 spiro atoms. The number of nitrogens with one attached hydrogen (secondary N) is 1. The molecular formula is C11H16N4O3. The predicted molar refractivity (Wildman–Crippen MR) is 67.1 cm³/mol. The summed E-state index contributed by atoms with van der Waals surface area (Å²) in [5.74, 6) is -0.522. The van der Waals surface area contributed by atoms with Crippen molar-refractivity contribution in [3.63, 3.8) is 0 Å². The fourth-order valence-electron chi connectivity index (χ4n) is 1.46. The molecule has 0 saturated heterocycles. The maximum atomic E-state index is 11.4. The van der Waals surface area contributed by atoms with E-state index in [2.05, 4.69) is 10.3 Å². The molecule has 7 heteroatoms. The standard InChI is InChI=1S/C11H16N4O3/c1-4-11(3,10(12)16)14-9-8(15(17)18)7(2)5-6-13-9/h5-6H,4H2,1-3H3,(H2,12,16)(H,13,14). The van der Waals surface area contributed by atoms with Crippen molar-refractivity contribution in [1.82, 2.24) is 4.98 Å². The average Bonchev–Trinajstić information content (AvgIpc) is 2.28. The molecule has 3 N–H and O–H groups in total. The molecule has 0 radical (unpaired) electrons. The molecule has 1 amide bonds. The summed E-state index contributed by atoms with van der Waals surface area (Å²) in [5, 5.41) is 13.8. The summed E-state index contributed by atoms with van der Waals surface area (Å²) in [6.07, 6.45) is 1.84. The second-order valence-electron chi connectivity index (χ2n) is 4.26. The lowest BCUT2D eigenvalue weighted by molar-refractivity contribution is -0.384. The second kappa shape index (κ2) is 4.99. The minimum absolute atomic E-state index is 0.0585. The van der Waals surface area contributed by atoms with Gasteiger partial charge in [0.25, 0.3) is 0 Å². The Morgan fingerprint density at radius 3 is 2.72 bits per heavy atom. The molecule has 1 atom stereocenters. The topological polar surface area (TPSA) is 111 Å². The lowest BCUT2D eigenvalue weighted by Crippen LogP contribution is -2.47. The van der Waals surface area contributed by atoms with Crippen molar-refractivity contribution in [2.75, 3.05) is 5.32 Å². The molecule has 0 fully saturated rings. The van der Waals surface area contributed by atoms with E-state index < -0.39 is 16.4 Å². The summed E-state index contributed by atoms with van der Waals surface area (Å²) >= 11 is 0. The summed E-state index contributed by atoms with van der Waals surface area (Å²) in [6, 6.07) is 1.54. The van der Waals surface area contributed by atoms with Gasteiger partial charge in [-0.1, -0.05) is 6.92 Å². The second-order valence-corrected chi connectivity index (χ2v) is 4.26. The van der Waals surface area contributed by atoms with Crippen LogP contribution in [0.15, 0.2) is 12.3 Å². The molecule has 7 nitrogen and oxygen atoms in total. The fourth-order valence-corrected chi connectivity index (χ4v) is 1.46. The first kappa shape index (κ1) is 13.9. The monoisotopic (exact) mass is 252 g/mol. The number of nitrogens with two attached hydrogens (primary N) is 1. The van der Waals surface area contributed by atoms with E-state index >= 15 is 0 Å². The Hall–Kier alpha value is -2.18. The molecule has 0 aliphatic rings. The first-order valence-corrected chi connectivity index (χ1v) is 5.50. The van der Waals surface area contributed by atoms with Crippen LogP contribution in [0.4, 0.5) is 11.5 Å². The van der Waals surface area contributed by atoms with Crippen molar-refractivity contribution in [2.24, 2.45) is 5.73 Å². The summed E-state index contributed by atoms with van der Waals surface area (Å²) in [6.45, 7) is 4.96. The van der Waals surface area contributed by atoms with Gasteiger partial charge in [0.2, 0.25) is 11.7 Å². The zero-order valence-corrected chi connectivity index (χ0v) is 10.6. The zero-order valence-electron chi connectivity index (χ0n) is 10.6. The molecule has 1 unspecified atom stereocenters. The quantitative estimate of drug-likeness (QED) is 0.607. The third-order valence-electron chi connectivity index (χ3n) is 2.95. The van der Waals surface area contributed by atoms with Crippen LogP contribution < -0.4 is 11.1 Å². The predicted octanol–water partition coefficient (Wildman–Crippen LogP) is 1.36. The third kappa shape index (κ3) is 2.55.